The number of carbonyl (C=O) groups excluding carboxylic acids is 2. The molecule has 0 saturated heterocycles. The van der Waals surface area contributed by atoms with E-state index in [9.17, 15) is 67.5 Å². The fourth-order valence-corrected chi connectivity index (χ4v) is 10.7. The Morgan fingerprint density at radius 1 is 0.812 bits per heavy atom. The Morgan fingerprint density at radius 3 is 1.89 bits per heavy atom. The Bertz CT molecular complexity index is 3710. The number of hydrogen-bond donors (Lipinski definition) is 8. The van der Waals surface area contributed by atoms with E-state index in [1.165, 1.54) is 84.3 Å². The van der Waals surface area contributed by atoms with E-state index in [2.05, 4.69) is 40.5 Å². The number of hydrogen-bond acceptors (Lipinski definition) is 24. The van der Waals surface area contributed by atoms with Gasteiger partial charge in [0, 0.05) is 31.5 Å². The fraction of sp³-hybridized carbons (Fsp3) is 0.283. The lowest BCUT2D eigenvalue weighted by Gasteiger charge is -2.13. The van der Waals surface area contributed by atoms with Gasteiger partial charge in [-0.15, -0.1) is 0 Å². The van der Waals surface area contributed by atoms with Crippen molar-refractivity contribution in [2.75, 3.05) is 56.3 Å². The maximum Gasteiger partial charge on any atom is 0.389 e. The number of aryl methyl sites for hydroxylation is 2. The summed E-state index contributed by atoms with van der Waals surface area (Å²) in [7, 11) is -12.1. The highest BCUT2D eigenvalue weighted by molar-refractivity contribution is 7.93. The van der Waals surface area contributed by atoms with E-state index in [0.717, 1.165) is 18.3 Å². The second-order valence-corrected chi connectivity index (χ2v) is 24.9. The number of ether oxygens (including phenoxy) is 4. The number of methoxy groups -OCH3 is 3. The van der Waals surface area contributed by atoms with Gasteiger partial charge in [-0.3, -0.25) is 30.1 Å². The summed E-state index contributed by atoms with van der Waals surface area (Å²) in [5.74, 6) is -0.851. The molecule has 462 valence electrons. The molecule has 4 amide bonds. The number of para-hydroxylation sites is 1. The number of amides is 4. The van der Waals surface area contributed by atoms with E-state index >= 15 is 0 Å². The third-order valence-corrected chi connectivity index (χ3v) is 16.1. The highest BCUT2D eigenvalue weighted by Crippen LogP contribution is 2.39. The number of nitrogens with two attached hydrogens (primary N) is 2. The van der Waals surface area contributed by atoms with Crippen molar-refractivity contribution in [2.45, 2.75) is 60.1 Å². The molecule has 0 fully saturated rings. The number of aliphatic carboxylic acids is 1. The van der Waals surface area contributed by atoms with Gasteiger partial charge in [0.15, 0.2) is 22.2 Å². The molecule has 0 spiro atoms. The molecule has 3 aromatic heterocycles. The molecule has 39 heteroatoms. The van der Waals surface area contributed by atoms with Gasteiger partial charge in [-0.05, 0) is 61.7 Å². The van der Waals surface area contributed by atoms with Crippen LogP contribution in [0.3, 0.4) is 0 Å². The van der Waals surface area contributed by atoms with Gasteiger partial charge < -0.3 is 40.4 Å². The zero-order valence-corrected chi connectivity index (χ0v) is 49.3. The van der Waals surface area contributed by atoms with Crippen LogP contribution in [0.4, 0.5) is 46.0 Å². The van der Waals surface area contributed by atoms with Gasteiger partial charge in [-0.1, -0.05) is 54.9 Å². The van der Waals surface area contributed by atoms with Crippen molar-refractivity contribution in [2.24, 2.45) is 5.73 Å². The number of urea groups is 2. The van der Waals surface area contributed by atoms with Gasteiger partial charge in [0.05, 0.1) is 43.0 Å². The Kier molecular flexibility index (Phi) is 26.0. The number of aromatic nitrogens is 6. The lowest BCUT2D eigenvalue weighted by atomic mass is 10.1. The summed E-state index contributed by atoms with van der Waals surface area (Å²) in [5.41, 5.74) is 10.3. The third kappa shape index (κ3) is 23.5. The van der Waals surface area contributed by atoms with E-state index in [0.29, 0.717) is 5.75 Å². The Balaban J connectivity index is 0.000000312. The zero-order valence-electron chi connectivity index (χ0n) is 45.2. The summed E-state index contributed by atoms with van der Waals surface area (Å²) in [6.07, 6.45) is -5.10. The van der Waals surface area contributed by atoms with Crippen molar-refractivity contribution in [3.63, 3.8) is 0 Å². The third-order valence-electron chi connectivity index (χ3n) is 10.0. The van der Waals surface area contributed by atoms with E-state index < -0.39 is 100 Å². The number of carboxylic acids is 1. The van der Waals surface area contributed by atoms with Gasteiger partial charge in [0.1, 0.15) is 39.0 Å². The summed E-state index contributed by atoms with van der Waals surface area (Å²) >= 11 is 5.94. The van der Waals surface area contributed by atoms with Crippen LogP contribution < -0.4 is 50.5 Å². The maximum absolute atomic E-state index is 12.5. The SMILES string of the molecule is CCS(=O)(=O)c1cccnc1S(=O)(=O)NC(=O)Nc1nc(OC)cc(OC)n1.COc1nc(C)nc(NC(=O)NS(=O)(=O)c2ccccc2CCC(F)(F)F)n1.CP(=O)(O)CCC(N)C(=O)O.Nc1c([N+](=O)[O-])ccc(Oc2ccccc2)c1Cl. The first kappa shape index (κ1) is 70.7. The number of nitro groups is 1. The first-order chi connectivity index (χ1) is 39.5. The Labute approximate surface area is 487 Å². The van der Waals surface area contributed by atoms with E-state index in [-0.39, 0.29) is 81.5 Å². The molecule has 85 heavy (non-hydrogen) atoms. The van der Waals surface area contributed by atoms with Gasteiger partial charge in [-0.2, -0.15) is 46.5 Å². The van der Waals surface area contributed by atoms with Crippen LogP contribution in [0.1, 0.15) is 31.2 Å². The van der Waals surface area contributed by atoms with Gasteiger partial charge >= 0.3 is 30.2 Å². The predicted octanol–water partition coefficient (Wildman–Crippen LogP) is 5.70. The molecule has 6 aromatic rings. The van der Waals surface area contributed by atoms with Crippen LogP contribution in [0.5, 0.6) is 29.3 Å². The number of nitro benzene ring substituents is 1. The van der Waals surface area contributed by atoms with Gasteiger partial charge in [0.25, 0.3) is 25.7 Å². The van der Waals surface area contributed by atoms with Crippen LogP contribution in [0.2, 0.25) is 5.02 Å². The standard InChI is InChI=1S/C15H16F3N5O4S.C14H17N5O7S2.C12H9ClN2O3.C5H12NO4P/c1-9-19-12(22-14(20-9)27-2)21-13(24)23-28(25,26)11-6-4-3-5-10(11)7-8-15(16,17)18;1-4-27(21,22)9-6-5-7-15-12(9)28(23,24)19-14(20)18-13-16-10(25-2)8-11(17-13)26-3;13-11-10(18-8-4-2-1-3-5-8)7-6-9(12(11)14)15(16)17;1-11(9,10)3-2-4(6)5(7)8/h3-6H,7-8H2,1-2H3,(H2,19,20,21,22,23,24);5-8H,4H2,1-3H3,(H2,16,17,18,19,20);1-7H,14H2;4H,2-3,6H2,1H3,(H,7,8)(H,9,10). The van der Waals surface area contributed by atoms with Crippen molar-refractivity contribution in [3.8, 4) is 29.3 Å². The average Bonchev–Trinajstić information content (AvgIpc) is 3.19. The number of anilines is 3. The van der Waals surface area contributed by atoms with E-state index in [4.69, 9.17) is 52.0 Å². The fourth-order valence-electron chi connectivity index (χ4n) is 6.01. The molecule has 0 aliphatic rings. The van der Waals surface area contributed by atoms with E-state index in [1.54, 1.807) is 33.7 Å². The molecule has 0 aliphatic carbocycles. The molecule has 0 bridgehead atoms. The first-order valence-electron chi connectivity index (χ1n) is 23.5. The number of carboxylic acid groups (broad SMARTS) is 1. The van der Waals surface area contributed by atoms with Crippen LogP contribution >= 0.6 is 19.0 Å². The highest BCUT2D eigenvalue weighted by Gasteiger charge is 2.31. The van der Waals surface area contributed by atoms with Crippen molar-refractivity contribution < 1.29 is 91.2 Å². The first-order valence-corrected chi connectivity index (χ1v) is 30.8. The number of benzene rings is 3. The maximum atomic E-state index is 12.5. The summed E-state index contributed by atoms with van der Waals surface area (Å²) in [5, 5.41) is 22.4. The molecule has 0 saturated carbocycles. The quantitative estimate of drug-likeness (QED) is 0.0197. The molecule has 31 nitrogen and oxygen atoms in total. The smallest absolute Gasteiger partial charge is 0.389 e. The number of rotatable bonds is 20. The lowest BCUT2D eigenvalue weighted by molar-refractivity contribution is -0.383. The number of nitrogens with one attached hydrogen (secondary N) is 4. The lowest BCUT2D eigenvalue weighted by Crippen LogP contribution is -2.36. The molecule has 2 unspecified atom stereocenters. The number of halogens is 4. The second-order valence-electron chi connectivity index (χ2n) is 16.5. The van der Waals surface area contributed by atoms with Crippen LogP contribution in [-0.2, 0) is 45.7 Å². The van der Waals surface area contributed by atoms with Gasteiger partial charge in [-0.25, -0.2) is 40.9 Å². The second kappa shape index (κ2) is 31.3. The number of pyridine rings is 1. The largest absolute Gasteiger partial charge is 0.481 e. The molecular formula is C46H54ClF3N13O18PS3. The Hall–Kier alpha value is -8.61. The number of nitrogens with zero attached hydrogens (tertiary/aromatic N) is 7. The normalized spacial score (nSPS) is 12.2. The van der Waals surface area contributed by atoms with Crippen molar-refractivity contribution >= 4 is 90.2 Å². The highest BCUT2D eigenvalue weighted by atomic mass is 35.5. The molecule has 3 aromatic carbocycles. The summed E-state index contributed by atoms with van der Waals surface area (Å²) in [4.78, 5) is 74.7. The van der Waals surface area contributed by atoms with Crippen molar-refractivity contribution in [1.29, 1.82) is 0 Å². The molecular weight excluding hydrogens is 1240 g/mol. The van der Waals surface area contributed by atoms with Gasteiger partial charge in [0.2, 0.25) is 23.7 Å². The molecule has 0 aliphatic heterocycles. The predicted molar refractivity (Wildman–Crippen MR) is 298 cm³/mol. The zero-order chi connectivity index (χ0) is 64.1. The molecule has 2 atom stereocenters. The van der Waals surface area contributed by atoms with Crippen LogP contribution in [-0.4, -0.2) is 140 Å². The number of carbonyl (C=O) groups is 3. The number of sulfone groups is 1. The van der Waals surface area contributed by atoms with Crippen molar-refractivity contribution in [3.05, 3.63) is 118 Å². The number of nitrogen functional groups attached to an aromatic ring is 1. The molecule has 10 N–H and O–H groups in total. The summed E-state index contributed by atoms with van der Waals surface area (Å²) in [6.45, 7) is 4.04. The minimum atomic E-state index is -4.61. The number of alkyl halides is 3. The van der Waals surface area contributed by atoms with E-state index in [1.807, 2.05) is 6.07 Å². The minimum Gasteiger partial charge on any atom is -0.481 e. The molecule has 0 radical (unpaired) electrons. The van der Waals surface area contributed by atoms with Crippen molar-refractivity contribution in [1.82, 2.24) is 39.3 Å². The summed E-state index contributed by atoms with van der Waals surface area (Å²) in [6, 6.07) is 16.9. The van der Waals surface area contributed by atoms with Crippen LogP contribution in [0.25, 0.3) is 0 Å². The number of sulfonamides is 2. The molecule has 6 rings (SSSR count). The topological polar surface area (TPSA) is 469 Å². The molecule has 3 heterocycles. The summed E-state index contributed by atoms with van der Waals surface area (Å²) < 4.78 is 146. The van der Waals surface area contributed by atoms with Crippen LogP contribution in [0.15, 0.2) is 106 Å². The monoisotopic (exact) mass is 1300 g/mol. The average molecular weight is 1300 g/mol. The minimum absolute atomic E-state index is 0.0352. The van der Waals surface area contributed by atoms with Crippen LogP contribution in [0, 0.1) is 17.0 Å². The Morgan fingerprint density at radius 2 is 1.36 bits per heavy atom.